The lowest BCUT2D eigenvalue weighted by Crippen LogP contribution is -2.28. The van der Waals surface area contributed by atoms with Gasteiger partial charge < -0.3 is 4.18 Å². The molecular weight excluding hydrogens is 385 g/mol. The second-order valence-corrected chi connectivity index (χ2v) is 8.14. The molecule has 0 heterocycles. The van der Waals surface area contributed by atoms with Crippen molar-refractivity contribution >= 4 is 32.7 Å². The van der Waals surface area contributed by atoms with Gasteiger partial charge in [-0.2, -0.15) is 21.6 Å². The quantitative estimate of drug-likeness (QED) is 0.321. The molecule has 0 saturated carbocycles. The molecular formula is C18H19F3O3S2. The van der Waals surface area contributed by atoms with Crippen molar-refractivity contribution in [1.82, 2.24) is 0 Å². The van der Waals surface area contributed by atoms with Crippen LogP contribution in [0.1, 0.15) is 32.3 Å². The second-order valence-electron chi connectivity index (χ2n) is 5.65. The van der Waals surface area contributed by atoms with Gasteiger partial charge in [-0.3, -0.25) is 0 Å². The number of aryl methyl sites for hydroxylation is 1. The molecule has 0 atom stereocenters. The van der Waals surface area contributed by atoms with Gasteiger partial charge in [-0.05, 0) is 53.6 Å². The van der Waals surface area contributed by atoms with E-state index in [4.69, 9.17) is 0 Å². The number of thioether (sulfide) groups is 1. The van der Waals surface area contributed by atoms with Crippen molar-refractivity contribution in [2.45, 2.75) is 43.5 Å². The number of alkyl halides is 3. The summed E-state index contributed by atoms with van der Waals surface area (Å²) in [6.07, 6.45) is 4.56. The average molecular weight is 404 g/mol. The minimum absolute atomic E-state index is 0.296. The minimum Gasteiger partial charge on any atom is -0.375 e. The smallest absolute Gasteiger partial charge is 0.375 e. The Balaban J connectivity index is 2.52. The van der Waals surface area contributed by atoms with Crippen LogP contribution in [-0.4, -0.2) is 13.9 Å². The largest absolute Gasteiger partial charge is 0.534 e. The predicted molar refractivity (Wildman–Crippen MR) is 98.8 cm³/mol. The van der Waals surface area contributed by atoms with Crippen LogP contribution < -0.4 is 4.18 Å². The molecule has 0 aliphatic rings. The third-order valence-corrected chi connectivity index (χ3v) is 5.55. The van der Waals surface area contributed by atoms with Crippen molar-refractivity contribution in [3.05, 3.63) is 47.4 Å². The molecule has 0 unspecified atom stereocenters. The molecule has 0 bridgehead atoms. The van der Waals surface area contributed by atoms with Crippen LogP contribution in [0.4, 0.5) is 13.2 Å². The summed E-state index contributed by atoms with van der Waals surface area (Å²) in [7, 11) is -5.73. The highest BCUT2D eigenvalue weighted by molar-refractivity contribution is 8.02. The van der Waals surface area contributed by atoms with Crippen LogP contribution in [0, 0.1) is 0 Å². The van der Waals surface area contributed by atoms with Crippen LogP contribution in [0.15, 0.2) is 46.7 Å². The van der Waals surface area contributed by atoms with Crippen LogP contribution in [0.2, 0.25) is 0 Å². The zero-order chi connectivity index (χ0) is 19.4. The first-order valence-electron chi connectivity index (χ1n) is 8.03. The number of hydrogen-bond acceptors (Lipinski definition) is 4. The first-order valence-corrected chi connectivity index (χ1v) is 10.3. The van der Waals surface area contributed by atoms with E-state index in [0.29, 0.717) is 10.3 Å². The summed E-state index contributed by atoms with van der Waals surface area (Å²) in [6.45, 7) is 3.82. The molecule has 142 valence electrons. The van der Waals surface area contributed by atoms with Gasteiger partial charge in [0.2, 0.25) is 0 Å². The van der Waals surface area contributed by atoms with Gasteiger partial charge in [0.25, 0.3) is 0 Å². The zero-order valence-corrected chi connectivity index (χ0v) is 16.0. The Bertz CT molecular complexity index is 904. The number of rotatable bonds is 7. The maximum atomic E-state index is 12.7. The Morgan fingerprint density at radius 2 is 1.88 bits per heavy atom. The Kier molecular flexibility index (Phi) is 6.63. The lowest BCUT2D eigenvalue weighted by atomic mass is 10.0. The van der Waals surface area contributed by atoms with E-state index < -0.39 is 15.6 Å². The fraction of sp³-hybridized carbons (Fsp3) is 0.333. The van der Waals surface area contributed by atoms with Gasteiger partial charge in [-0.15, -0.1) is 0 Å². The van der Waals surface area contributed by atoms with E-state index in [2.05, 4.69) is 11.1 Å². The third-order valence-electron chi connectivity index (χ3n) is 3.60. The summed E-state index contributed by atoms with van der Waals surface area (Å²) in [6, 6.07) is 8.67. The summed E-state index contributed by atoms with van der Waals surface area (Å²) in [5, 5.41) is 3.08. The molecule has 3 nitrogen and oxygen atoms in total. The zero-order valence-electron chi connectivity index (χ0n) is 14.3. The lowest BCUT2D eigenvalue weighted by Gasteiger charge is -2.13. The summed E-state index contributed by atoms with van der Waals surface area (Å²) in [4.78, 5) is 0.296. The van der Waals surface area contributed by atoms with Crippen molar-refractivity contribution in [3.8, 4) is 5.75 Å². The van der Waals surface area contributed by atoms with Crippen molar-refractivity contribution in [3.63, 3.8) is 0 Å². The van der Waals surface area contributed by atoms with Gasteiger partial charge in [-0.25, -0.2) is 0 Å². The summed E-state index contributed by atoms with van der Waals surface area (Å²) in [5.74, 6) is -0.328. The topological polar surface area (TPSA) is 43.4 Å². The average Bonchev–Trinajstić information content (AvgIpc) is 2.56. The van der Waals surface area contributed by atoms with E-state index in [-0.39, 0.29) is 5.75 Å². The van der Waals surface area contributed by atoms with E-state index in [1.54, 1.807) is 24.5 Å². The van der Waals surface area contributed by atoms with Crippen LogP contribution in [0.3, 0.4) is 0 Å². The van der Waals surface area contributed by atoms with Crippen LogP contribution >= 0.6 is 11.8 Å². The highest BCUT2D eigenvalue weighted by atomic mass is 32.2. The molecule has 8 heteroatoms. The van der Waals surface area contributed by atoms with E-state index >= 15 is 0 Å². The molecule has 0 fully saturated rings. The van der Waals surface area contributed by atoms with Crippen molar-refractivity contribution in [1.29, 1.82) is 0 Å². The van der Waals surface area contributed by atoms with Gasteiger partial charge in [0.1, 0.15) is 0 Å². The van der Waals surface area contributed by atoms with Gasteiger partial charge in [0, 0.05) is 0 Å². The molecule has 0 amide bonds. The Morgan fingerprint density at radius 3 is 2.50 bits per heavy atom. The molecule has 0 aliphatic carbocycles. The van der Waals surface area contributed by atoms with Crippen molar-refractivity contribution in [2.75, 3.05) is 0 Å². The van der Waals surface area contributed by atoms with E-state index in [9.17, 15) is 21.6 Å². The van der Waals surface area contributed by atoms with Crippen LogP contribution in [0.25, 0.3) is 10.8 Å². The van der Waals surface area contributed by atoms with Crippen LogP contribution in [0.5, 0.6) is 5.75 Å². The van der Waals surface area contributed by atoms with Crippen LogP contribution in [-0.2, 0) is 16.5 Å². The van der Waals surface area contributed by atoms with Gasteiger partial charge in [0.15, 0.2) is 5.75 Å². The molecule has 0 aliphatic heterocycles. The molecule has 2 aromatic rings. The molecule has 0 aromatic heterocycles. The highest BCUT2D eigenvalue weighted by Gasteiger charge is 2.48. The number of allylic oxidation sites excluding steroid dienone is 1. The van der Waals surface area contributed by atoms with Crippen molar-refractivity contribution in [2.24, 2.45) is 0 Å². The van der Waals surface area contributed by atoms with E-state index in [1.807, 2.05) is 18.2 Å². The lowest BCUT2D eigenvalue weighted by molar-refractivity contribution is -0.0500. The van der Waals surface area contributed by atoms with Gasteiger partial charge >= 0.3 is 15.6 Å². The van der Waals surface area contributed by atoms with Gasteiger partial charge in [0.05, 0.1) is 4.90 Å². The molecule has 0 saturated heterocycles. The second kappa shape index (κ2) is 8.35. The monoisotopic (exact) mass is 404 g/mol. The van der Waals surface area contributed by atoms with E-state index in [0.717, 1.165) is 42.0 Å². The summed E-state index contributed by atoms with van der Waals surface area (Å²) >= 11 is 1.09. The number of unbranched alkanes of at least 4 members (excludes halogenated alkanes) is 1. The predicted octanol–water partition coefficient (Wildman–Crippen LogP) is 6.04. The number of fused-ring (bicyclic) bond motifs is 1. The first-order chi connectivity index (χ1) is 12.2. The van der Waals surface area contributed by atoms with Crippen molar-refractivity contribution < 1.29 is 25.8 Å². The fourth-order valence-electron chi connectivity index (χ4n) is 2.31. The SMILES string of the molecule is CC=CSc1cc2ccc(CCCC)cc2cc1OS(=O)(=O)C(F)(F)F. The number of halogens is 3. The molecule has 0 spiro atoms. The fourth-order valence-corrected chi connectivity index (χ4v) is 3.52. The standard InChI is InChI=1S/C18H19F3O3S2/c1-3-5-6-13-7-8-14-12-17(25-9-4-2)16(11-15(14)10-13)24-26(22,23)18(19,20)21/h4,7-12H,3,5-6H2,1-2H3. The maximum absolute atomic E-state index is 12.7. The summed E-state index contributed by atoms with van der Waals surface area (Å²) < 4.78 is 65.3. The third kappa shape index (κ3) is 4.94. The maximum Gasteiger partial charge on any atom is 0.534 e. The molecule has 2 rings (SSSR count). The first kappa shape index (κ1) is 20.6. The molecule has 2 aromatic carbocycles. The number of benzene rings is 2. The Hall–Kier alpha value is -1.67. The minimum atomic E-state index is -5.73. The molecule has 0 radical (unpaired) electrons. The molecule has 0 N–H and O–H groups in total. The Labute approximate surface area is 155 Å². The number of hydrogen-bond donors (Lipinski definition) is 0. The molecule has 26 heavy (non-hydrogen) atoms. The Morgan fingerprint density at radius 1 is 1.15 bits per heavy atom. The van der Waals surface area contributed by atoms with E-state index in [1.165, 1.54) is 6.07 Å². The normalized spacial score (nSPS) is 12.8. The highest BCUT2D eigenvalue weighted by Crippen LogP contribution is 2.37. The summed E-state index contributed by atoms with van der Waals surface area (Å²) in [5.41, 5.74) is -4.44. The van der Waals surface area contributed by atoms with Gasteiger partial charge in [-0.1, -0.05) is 49.4 Å².